The summed E-state index contributed by atoms with van der Waals surface area (Å²) in [5, 5.41) is 8.58. The second-order valence-corrected chi connectivity index (χ2v) is 6.73. The zero-order chi connectivity index (χ0) is 22.2. The number of ether oxygens (including phenoxy) is 1. The summed E-state index contributed by atoms with van der Waals surface area (Å²) in [4.78, 5) is 10.5. The van der Waals surface area contributed by atoms with Crippen molar-refractivity contribution < 1.29 is 36.6 Å². The molecule has 2 aromatic carbocycles. The Balaban J connectivity index is 1.89. The number of rotatable bonds is 10. The third kappa shape index (κ3) is 8.23. The maximum atomic E-state index is 14.4. The summed E-state index contributed by atoms with van der Waals surface area (Å²) in [5.74, 6) is -1.20. The third-order valence-electron chi connectivity index (χ3n) is 4.26. The summed E-state index contributed by atoms with van der Waals surface area (Å²) in [5.41, 5.74) is 0.932. The molecular weight excluding hydrogens is 407 g/mol. The molecule has 3 nitrogen and oxygen atoms in total. The van der Waals surface area contributed by atoms with Crippen molar-refractivity contribution in [3.63, 3.8) is 0 Å². The topological polar surface area (TPSA) is 46.5 Å². The van der Waals surface area contributed by atoms with Gasteiger partial charge in [0.2, 0.25) is 0 Å². The van der Waals surface area contributed by atoms with Crippen molar-refractivity contribution >= 4 is 12.0 Å². The lowest BCUT2D eigenvalue weighted by atomic mass is 10.0. The molecule has 0 fully saturated rings. The van der Waals surface area contributed by atoms with Gasteiger partial charge in [0.15, 0.2) is 0 Å². The SMILES string of the molecule is O=C(O)C=Cc1ccc(OC(F)(F)c2ccc(CCCCCC(F)(F)F)cc2)cc1. The average Bonchev–Trinajstić information content (AvgIpc) is 2.66. The molecule has 0 unspecified atom stereocenters. The number of carboxylic acids is 1. The molecule has 0 heterocycles. The van der Waals surface area contributed by atoms with Gasteiger partial charge in [0.05, 0.1) is 5.56 Å². The molecule has 0 saturated heterocycles. The summed E-state index contributed by atoms with van der Waals surface area (Å²) in [6, 6.07) is 11.0. The van der Waals surface area contributed by atoms with Crippen LogP contribution >= 0.6 is 0 Å². The van der Waals surface area contributed by atoms with E-state index in [1.165, 1.54) is 54.6 Å². The van der Waals surface area contributed by atoms with Crippen LogP contribution in [-0.2, 0) is 17.3 Å². The highest BCUT2D eigenvalue weighted by Crippen LogP contribution is 2.32. The molecular formula is C22H21F5O3. The van der Waals surface area contributed by atoms with Gasteiger partial charge >= 0.3 is 18.3 Å². The molecule has 0 aliphatic carbocycles. The van der Waals surface area contributed by atoms with Gasteiger partial charge in [0.25, 0.3) is 0 Å². The first-order chi connectivity index (χ1) is 14.0. The van der Waals surface area contributed by atoms with Gasteiger partial charge in [-0.1, -0.05) is 30.7 Å². The number of halogens is 5. The first-order valence-corrected chi connectivity index (χ1v) is 9.29. The van der Waals surface area contributed by atoms with Crippen molar-refractivity contribution in [1.29, 1.82) is 0 Å². The van der Waals surface area contributed by atoms with Crippen LogP contribution in [0.5, 0.6) is 5.75 Å². The summed E-state index contributed by atoms with van der Waals surface area (Å²) in [7, 11) is 0. The van der Waals surface area contributed by atoms with Gasteiger partial charge in [-0.15, -0.1) is 0 Å². The van der Waals surface area contributed by atoms with Crippen molar-refractivity contribution in [1.82, 2.24) is 0 Å². The van der Waals surface area contributed by atoms with E-state index in [1.807, 2.05) is 0 Å². The minimum atomic E-state index is -4.15. The summed E-state index contributed by atoms with van der Waals surface area (Å²) < 4.78 is 69.8. The van der Waals surface area contributed by atoms with E-state index in [0.717, 1.165) is 11.6 Å². The number of hydrogen-bond donors (Lipinski definition) is 1. The standard InChI is InChI=1S/C22H21F5O3/c23-21(24,25)15-3-1-2-4-16-5-10-18(11-6-16)22(26,27)30-19-12-7-17(8-13-19)9-14-20(28)29/h5-14H,1-4,15H2,(H,28,29). The van der Waals surface area contributed by atoms with E-state index in [1.54, 1.807) is 0 Å². The second kappa shape index (κ2) is 10.2. The van der Waals surface area contributed by atoms with Crippen LogP contribution in [0.15, 0.2) is 54.6 Å². The molecule has 0 saturated carbocycles. The minimum Gasteiger partial charge on any atom is -0.478 e. The number of aryl methyl sites for hydroxylation is 1. The van der Waals surface area contributed by atoms with E-state index in [4.69, 9.17) is 9.84 Å². The smallest absolute Gasteiger partial charge is 0.426 e. The maximum Gasteiger partial charge on any atom is 0.426 e. The Morgan fingerprint density at radius 3 is 2.10 bits per heavy atom. The molecule has 8 heteroatoms. The predicted molar refractivity (Wildman–Crippen MR) is 102 cm³/mol. The fourth-order valence-corrected chi connectivity index (χ4v) is 2.72. The normalized spacial score (nSPS) is 12.3. The molecule has 162 valence electrons. The van der Waals surface area contributed by atoms with Crippen molar-refractivity contribution in [3.8, 4) is 5.75 Å². The molecule has 0 bridgehead atoms. The fourth-order valence-electron chi connectivity index (χ4n) is 2.72. The zero-order valence-electron chi connectivity index (χ0n) is 16.0. The monoisotopic (exact) mass is 428 g/mol. The predicted octanol–water partition coefficient (Wildman–Crippen LogP) is 6.58. The van der Waals surface area contributed by atoms with Crippen LogP contribution in [0.1, 0.15) is 42.4 Å². The Morgan fingerprint density at radius 1 is 0.900 bits per heavy atom. The molecule has 0 spiro atoms. The van der Waals surface area contributed by atoms with Gasteiger partial charge in [-0.2, -0.15) is 22.0 Å². The summed E-state index contributed by atoms with van der Waals surface area (Å²) in [6.07, 6.45) is -4.76. The first kappa shape index (κ1) is 23.4. The highest BCUT2D eigenvalue weighted by Gasteiger charge is 2.34. The Bertz CT molecular complexity index is 841. The average molecular weight is 428 g/mol. The van der Waals surface area contributed by atoms with Crippen LogP contribution in [0, 0.1) is 0 Å². The largest absolute Gasteiger partial charge is 0.478 e. The second-order valence-electron chi connectivity index (χ2n) is 6.73. The van der Waals surface area contributed by atoms with Gasteiger partial charge < -0.3 is 9.84 Å². The van der Waals surface area contributed by atoms with Gasteiger partial charge in [0, 0.05) is 12.5 Å². The molecule has 1 N–H and O–H groups in total. The lowest BCUT2D eigenvalue weighted by Crippen LogP contribution is -2.21. The minimum absolute atomic E-state index is 0.0540. The van der Waals surface area contributed by atoms with Gasteiger partial charge in [0.1, 0.15) is 5.75 Å². The number of hydrogen-bond acceptors (Lipinski definition) is 2. The lowest BCUT2D eigenvalue weighted by molar-refractivity contribution is -0.185. The third-order valence-corrected chi connectivity index (χ3v) is 4.26. The van der Waals surface area contributed by atoms with Crippen LogP contribution in [0.4, 0.5) is 22.0 Å². The molecule has 30 heavy (non-hydrogen) atoms. The van der Waals surface area contributed by atoms with Crippen molar-refractivity contribution in [2.45, 2.75) is 44.4 Å². The van der Waals surface area contributed by atoms with Crippen LogP contribution in [-0.4, -0.2) is 17.3 Å². The lowest BCUT2D eigenvalue weighted by Gasteiger charge is -2.18. The Hall–Kier alpha value is -2.90. The molecule has 0 aliphatic rings. The quantitative estimate of drug-likeness (QED) is 0.264. The molecule has 0 aliphatic heterocycles. The highest BCUT2D eigenvalue weighted by molar-refractivity contribution is 5.85. The maximum absolute atomic E-state index is 14.4. The van der Waals surface area contributed by atoms with E-state index >= 15 is 0 Å². The van der Waals surface area contributed by atoms with Gasteiger partial charge in [-0.25, -0.2) is 4.79 Å². The van der Waals surface area contributed by atoms with Crippen molar-refractivity contribution in [2.24, 2.45) is 0 Å². The molecule has 0 radical (unpaired) electrons. The van der Waals surface area contributed by atoms with Crippen LogP contribution < -0.4 is 4.74 Å². The first-order valence-electron chi connectivity index (χ1n) is 9.29. The van der Waals surface area contributed by atoms with E-state index in [9.17, 15) is 26.7 Å². The van der Waals surface area contributed by atoms with Crippen molar-refractivity contribution in [2.75, 3.05) is 0 Å². The molecule has 0 atom stereocenters. The number of carbonyl (C=O) groups is 1. The van der Waals surface area contributed by atoms with Gasteiger partial charge in [-0.3, -0.25) is 0 Å². The number of benzene rings is 2. The van der Waals surface area contributed by atoms with E-state index in [2.05, 4.69) is 0 Å². The summed E-state index contributed by atoms with van der Waals surface area (Å²) >= 11 is 0. The highest BCUT2D eigenvalue weighted by atomic mass is 19.4. The van der Waals surface area contributed by atoms with Crippen LogP contribution in [0.3, 0.4) is 0 Å². The Kier molecular flexibility index (Phi) is 7.97. The number of unbranched alkanes of at least 4 members (excludes halogenated alkanes) is 2. The van der Waals surface area contributed by atoms with Gasteiger partial charge in [-0.05, 0) is 60.7 Å². The Labute approximate surface area is 170 Å². The number of carboxylic acid groups (broad SMARTS) is 1. The van der Waals surface area contributed by atoms with Crippen LogP contribution in [0.2, 0.25) is 0 Å². The number of aliphatic carboxylic acids is 1. The summed E-state index contributed by atoms with van der Waals surface area (Å²) in [6.45, 7) is 0. The van der Waals surface area contributed by atoms with Crippen LogP contribution in [0.25, 0.3) is 6.08 Å². The molecule has 2 aromatic rings. The van der Waals surface area contributed by atoms with Crippen molar-refractivity contribution in [3.05, 3.63) is 71.3 Å². The molecule has 2 rings (SSSR count). The van der Waals surface area contributed by atoms with E-state index < -0.39 is 24.7 Å². The molecule has 0 amide bonds. The molecule has 0 aromatic heterocycles. The zero-order valence-corrected chi connectivity index (χ0v) is 16.0. The van der Waals surface area contributed by atoms with E-state index in [-0.39, 0.29) is 17.7 Å². The van der Waals surface area contributed by atoms with E-state index in [0.29, 0.717) is 24.8 Å². The fraction of sp³-hybridized carbons (Fsp3) is 0.318. The Morgan fingerprint density at radius 2 is 1.53 bits per heavy atom. The number of alkyl halides is 5.